The van der Waals surface area contributed by atoms with E-state index in [1.807, 2.05) is 0 Å². The minimum Gasteiger partial charge on any atom is -0.387 e. The number of ketones is 1. The Morgan fingerprint density at radius 2 is 1.91 bits per heavy atom. The van der Waals surface area contributed by atoms with Crippen molar-refractivity contribution in [1.82, 2.24) is 0 Å². The first-order valence-electron chi connectivity index (χ1n) is 3.13. The molecule has 0 bridgehead atoms. The van der Waals surface area contributed by atoms with Crippen LogP contribution in [0.1, 0.15) is 13.8 Å². The Hall–Kier alpha value is -0.710. The van der Waals surface area contributed by atoms with Crippen LogP contribution in [-0.2, 0) is 4.79 Å². The van der Waals surface area contributed by atoms with Gasteiger partial charge in [-0.2, -0.15) is 0 Å². The molecular formula is C7H12O4. The molecule has 0 aliphatic carbocycles. The van der Waals surface area contributed by atoms with E-state index in [0.29, 0.717) is 0 Å². The van der Waals surface area contributed by atoms with Gasteiger partial charge in [0.1, 0.15) is 6.10 Å². The van der Waals surface area contributed by atoms with Crippen LogP contribution in [-0.4, -0.2) is 33.0 Å². The van der Waals surface area contributed by atoms with Gasteiger partial charge in [0.2, 0.25) is 5.78 Å². The topological polar surface area (TPSA) is 77.8 Å². The number of hydrogen-bond donors (Lipinski definition) is 3. The fraction of sp³-hybridized carbons (Fsp3) is 0.571. The lowest BCUT2D eigenvalue weighted by Crippen LogP contribution is -2.48. The largest absolute Gasteiger partial charge is 0.387 e. The van der Waals surface area contributed by atoms with Crippen molar-refractivity contribution < 1.29 is 20.1 Å². The molecule has 1 unspecified atom stereocenters. The summed E-state index contributed by atoms with van der Waals surface area (Å²) in [6.07, 6.45) is -1.52. The van der Waals surface area contributed by atoms with Crippen molar-refractivity contribution in [2.24, 2.45) is 0 Å². The Labute approximate surface area is 64.8 Å². The van der Waals surface area contributed by atoms with Crippen LogP contribution in [0.5, 0.6) is 0 Å². The molecule has 0 saturated heterocycles. The molecule has 0 fully saturated rings. The molecule has 3 N–H and O–H groups in total. The van der Waals surface area contributed by atoms with Crippen LogP contribution < -0.4 is 0 Å². The first-order chi connectivity index (χ1) is 4.80. The summed E-state index contributed by atoms with van der Waals surface area (Å²) in [4.78, 5) is 10.8. The van der Waals surface area contributed by atoms with Gasteiger partial charge in [-0.3, -0.25) is 4.79 Å². The van der Waals surface area contributed by atoms with Gasteiger partial charge in [0, 0.05) is 0 Å². The van der Waals surface area contributed by atoms with Crippen molar-refractivity contribution in [1.29, 1.82) is 0 Å². The average Bonchev–Trinajstić information content (AvgIpc) is 1.85. The van der Waals surface area contributed by atoms with Crippen molar-refractivity contribution in [3.8, 4) is 0 Å². The Morgan fingerprint density at radius 1 is 1.55 bits per heavy atom. The highest BCUT2D eigenvalue weighted by Gasteiger charge is 2.38. The number of hydrogen-bond acceptors (Lipinski definition) is 4. The molecule has 0 aromatic heterocycles. The average molecular weight is 160 g/mol. The summed E-state index contributed by atoms with van der Waals surface area (Å²) in [5.41, 5.74) is -0.00380. The smallest absolute Gasteiger partial charge is 0.255 e. The molecule has 11 heavy (non-hydrogen) atoms. The lowest BCUT2D eigenvalue weighted by atomic mass is 10.0. The van der Waals surface area contributed by atoms with Gasteiger partial charge < -0.3 is 15.3 Å². The molecule has 0 heterocycles. The van der Waals surface area contributed by atoms with Crippen LogP contribution in [0.25, 0.3) is 0 Å². The maximum atomic E-state index is 10.8. The van der Waals surface area contributed by atoms with E-state index in [2.05, 4.69) is 6.58 Å². The van der Waals surface area contributed by atoms with E-state index in [-0.39, 0.29) is 5.57 Å². The van der Waals surface area contributed by atoms with E-state index < -0.39 is 17.7 Å². The third-order valence-corrected chi connectivity index (χ3v) is 1.30. The van der Waals surface area contributed by atoms with Gasteiger partial charge in [0.05, 0.1) is 0 Å². The lowest BCUT2D eigenvalue weighted by molar-refractivity contribution is -0.212. The van der Waals surface area contributed by atoms with Crippen LogP contribution in [0.4, 0.5) is 0 Å². The number of carbonyl (C=O) groups excluding carboxylic acids is 1. The molecule has 4 heteroatoms. The summed E-state index contributed by atoms with van der Waals surface area (Å²) in [6.45, 7) is 5.67. The Kier molecular flexibility index (Phi) is 2.92. The van der Waals surface area contributed by atoms with Crippen LogP contribution in [0.2, 0.25) is 0 Å². The Bertz CT molecular complexity index is 181. The van der Waals surface area contributed by atoms with Crippen LogP contribution in [0, 0.1) is 0 Å². The van der Waals surface area contributed by atoms with E-state index in [9.17, 15) is 4.79 Å². The third-order valence-electron chi connectivity index (χ3n) is 1.30. The zero-order chi connectivity index (χ0) is 9.23. The molecule has 0 amide bonds. The zero-order valence-corrected chi connectivity index (χ0v) is 6.53. The monoisotopic (exact) mass is 160 g/mol. The molecule has 0 aliphatic rings. The highest BCUT2D eigenvalue weighted by Crippen LogP contribution is 2.11. The molecule has 1 atom stereocenters. The molecular weight excluding hydrogens is 148 g/mol. The standard InChI is InChI=1S/C7H12O4/c1-4(2)6(9)7(10,11)5(3)8/h5,8,10-11H,1H2,2-3H3. The number of aliphatic hydroxyl groups excluding tert-OH is 1. The molecule has 0 aliphatic heterocycles. The van der Waals surface area contributed by atoms with Gasteiger partial charge in [0.25, 0.3) is 5.79 Å². The zero-order valence-electron chi connectivity index (χ0n) is 6.53. The van der Waals surface area contributed by atoms with Gasteiger partial charge >= 0.3 is 0 Å². The lowest BCUT2D eigenvalue weighted by Gasteiger charge is -2.22. The fourth-order valence-corrected chi connectivity index (χ4v) is 0.504. The molecule has 64 valence electrons. The molecule has 0 spiro atoms. The molecule has 0 aromatic rings. The summed E-state index contributed by atoms with van der Waals surface area (Å²) in [6, 6.07) is 0. The molecule has 0 rings (SSSR count). The molecule has 0 radical (unpaired) electrons. The second kappa shape index (κ2) is 3.13. The van der Waals surface area contributed by atoms with Gasteiger partial charge in [-0.15, -0.1) is 0 Å². The summed E-state index contributed by atoms with van der Waals surface area (Å²) in [7, 11) is 0. The van der Waals surface area contributed by atoms with Gasteiger partial charge in [-0.05, 0) is 19.4 Å². The maximum absolute atomic E-state index is 10.8. The summed E-state index contributed by atoms with van der Waals surface area (Å²) < 4.78 is 0. The maximum Gasteiger partial charge on any atom is 0.255 e. The second-order valence-corrected chi connectivity index (χ2v) is 2.51. The van der Waals surface area contributed by atoms with E-state index in [1.165, 1.54) is 6.92 Å². The SMILES string of the molecule is C=C(C)C(=O)C(O)(O)C(C)O. The minimum absolute atomic E-state index is 0.00380. The summed E-state index contributed by atoms with van der Waals surface area (Å²) >= 11 is 0. The van der Waals surface area contributed by atoms with Crippen molar-refractivity contribution in [2.75, 3.05) is 0 Å². The normalized spacial score (nSPS) is 14.3. The van der Waals surface area contributed by atoms with Crippen molar-refractivity contribution in [3.05, 3.63) is 12.2 Å². The number of aliphatic hydroxyl groups is 3. The van der Waals surface area contributed by atoms with Gasteiger partial charge in [-0.1, -0.05) is 6.58 Å². The van der Waals surface area contributed by atoms with Gasteiger partial charge in [0.15, 0.2) is 0 Å². The number of carbonyl (C=O) groups is 1. The second-order valence-electron chi connectivity index (χ2n) is 2.51. The van der Waals surface area contributed by atoms with Crippen LogP contribution >= 0.6 is 0 Å². The fourth-order valence-electron chi connectivity index (χ4n) is 0.504. The molecule has 4 nitrogen and oxygen atoms in total. The highest BCUT2D eigenvalue weighted by molar-refractivity contribution is 5.99. The summed E-state index contributed by atoms with van der Waals surface area (Å²) in [5.74, 6) is -3.67. The van der Waals surface area contributed by atoms with E-state index in [1.54, 1.807) is 0 Å². The predicted molar refractivity (Wildman–Crippen MR) is 38.7 cm³/mol. The molecule has 0 saturated carbocycles. The van der Waals surface area contributed by atoms with E-state index in [0.717, 1.165) is 6.92 Å². The van der Waals surface area contributed by atoms with Gasteiger partial charge in [-0.25, -0.2) is 0 Å². The van der Waals surface area contributed by atoms with Crippen LogP contribution in [0.15, 0.2) is 12.2 Å². The van der Waals surface area contributed by atoms with E-state index >= 15 is 0 Å². The Balaban J connectivity index is 4.56. The first-order valence-corrected chi connectivity index (χ1v) is 3.13. The van der Waals surface area contributed by atoms with Crippen molar-refractivity contribution in [2.45, 2.75) is 25.7 Å². The quantitative estimate of drug-likeness (QED) is 0.373. The van der Waals surface area contributed by atoms with E-state index in [4.69, 9.17) is 15.3 Å². The van der Waals surface area contributed by atoms with Crippen LogP contribution in [0.3, 0.4) is 0 Å². The molecule has 0 aromatic carbocycles. The minimum atomic E-state index is -2.70. The highest BCUT2D eigenvalue weighted by atomic mass is 16.5. The Morgan fingerprint density at radius 3 is 2.00 bits per heavy atom. The van der Waals surface area contributed by atoms with Crippen molar-refractivity contribution >= 4 is 5.78 Å². The summed E-state index contributed by atoms with van der Waals surface area (Å²) in [5, 5.41) is 26.6. The number of rotatable bonds is 3. The first kappa shape index (κ1) is 10.3. The van der Waals surface area contributed by atoms with Crippen molar-refractivity contribution in [3.63, 3.8) is 0 Å². The predicted octanol–water partition coefficient (Wildman–Crippen LogP) is -0.807. The number of Topliss-reactive ketones (excluding diaryl/α,β-unsaturated/α-hetero) is 1. The third kappa shape index (κ3) is 2.11.